The van der Waals surface area contributed by atoms with Gasteiger partial charge in [-0.2, -0.15) is 0 Å². The first-order valence-corrected chi connectivity index (χ1v) is 13.5. The Bertz CT molecular complexity index is 2060. The lowest BCUT2D eigenvalue weighted by atomic mass is 9.84. The van der Waals surface area contributed by atoms with E-state index < -0.39 is 0 Å². The summed E-state index contributed by atoms with van der Waals surface area (Å²) in [5, 5.41) is 15.1. The van der Waals surface area contributed by atoms with Crippen molar-refractivity contribution in [2.24, 2.45) is 0 Å². The van der Waals surface area contributed by atoms with E-state index in [-0.39, 0.29) is 11.2 Å². The summed E-state index contributed by atoms with van der Waals surface area (Å²) in [5.41, 5.74) is 7.09. The maximum Gasteiger partial charge on any atom is 0.231 e. The van der Waals surface area contributed by atoms with Crippen molar-refractivity contribution < 1.29 is 9.52 Å². The molecule has 0 aliphatic carbocycles. The number of aromatic hydroxyl groups is 1. The Balaban J connectivity index is 1.51. The average molecular weight is 521 g/mol. The summed E-state index contributed by atoms with van der Waals surface area (Å²) in [6.45, 7) is 6.59. The van der Waals surface area contributed by atoms with Crippen molar-refractivity contribution in [1.29, 1.82) is 0 Å². The number of phenolic OH excluding ortho intramolecular Hbond substituents is 1. The van der Waals surface area contributed by atoms with E-state index in [1.165, 1.54) is 0 Å². The Morgan fingerprint density at radius 1 is 0.675 bits per heavy atom. The van der Waals surface area contributed by atoms with E-state index in [9.17, 15) is 5.11 Å². The molecule has 0 aliphatic heterocycles. The van der Waals surface area contributed by atoms with Crippen LogP contribution in [0, 0.1) is 0 Å². The predicted molar refractivity (Wildman–Crippen MR) is 163 cm³/mol. The third-order valence-electron chi connectivity index (χ3n) is 7.58. The van der Waals surface area contributed by atoms with Crippen molar-refractivity contribution in [3.63, 3.8) is 0 Å². The van der Waals surface area contributed by atoms with Crippen molar-refractivity contribution in [2.45, 2.75) is 26.2 Å². The quantitative estimate of drug-likeness (QED) is 0.252. The summed E-state index contributed by atoms with van der Waals surface area (Å²) >= 11 is 0. The van der Waals surface area contributed by atoms with Crippen LogP contribution in [0.5, 0.6) is 5.75 Å². The van der Waals surface area contributed by atoms with Crippen LogP contribution in [-0.2, 0) is 5.41 Å². The van der Waals surface area contributed by atoms with Crippen LogP contribution in [-0.4, -0.2) is 15.1 Å². The van der Waals surface area contributed by atoms with E-state index >= 15 is 0 Å². The Morgan fingerprint density at radius 3 is 2.20 bits per heavy atom. The molecule has 2 heterocycles. The van der Waals surface area contributed by atoms with Gasteiger partial charge in [0.05, 0.1) is 11.3 Å². The molecule has 0 saturated heterocycles. The second kappa shape index (κ2) is 9.06. The number of pyridine rings is 1. The number of nitrogens with zero attached hydrogens (tertiary/aromatic N) is 2. The number of benzene rings is 5. The van der Waals surface area contributed by atoms with E-state index in [1.807, 2.05) is 24.4 Å². The summed E-state index contributed by atoms with van der Waals surface area (Å²) < 4.78 is 6.30. The molecule has 0 unspecified atom stereocenters. The number of hydrogen-bond donors (Lipinski definition) is 1. The van der Waals surface area contributed by atoms with Crippen molar-refractivity contribution in [2.75, 3.05) is 0 Å². The fourth-order valence-corrected chi connectivity index (χ4v) is 5.36. The van der Waals surface area contributed by atoms with Gasteiger partial charge < -0.3 is 9.52 Å². The van der Waals surface area contributed by atoms with Crippen molar-refractivity contribution in [1.82, 2.24) is 9.97 Å². The highest BCUT2D eigenvalue weighted by Crippen LogP contribution is 2.41. The average Bonchev–Trinajstić information content (AvgIpc) is 3.40. The molecule has 0 spiro atoms. The smallest absolute Gasteiger partial charge is 0.231 e. The molecule has 1 N–H and O–H groups in total. The maximum absolute atomic E-state index is 10.5. The van der Waals surface area contributed by atoms with Gasteiger partial charge in [0.1, 0.15) is 11.3 Å². The van der Waals surface area contributed by atoms with Gasteiger partial charge in [-0.15, -0.1) is 0 Å². The zero-order chi connectivity index (χ0) is 27.4. The molecular formula is C36H28N2O2. The van der Waals surface area contributed by atoms with Crippen LogP contribution >= 0.6 is 0 Å². The molecule has 0 amide bonds. The molecule has 4 nitrogen and oxygen atoms in total. The summed E-state index contributed by atoms with van der Waals surface area (Å²) in [6, 6.07) is 34.8. The van der Waals surface area contributed by atoms with Crippen LogP contribution < -0.4 is 0 Å². The number of rotatable bonds is 3. The monoisotopic (exact) mass is 520 g/mol. The molecule has 0 radical (unpaired) electrons. The highest BCUT2D eigenvalue weighted by atomic mass is 16.3. The first-order chi connectivity index (χ1) is 19.3. The lowest BCUT2D eigenvalue weighted by Crippen LogP contribution is -2.11. The number of para-hydroxylation sites is 1. The molecule has 194 valence electrons. The number of oxazole rings is 1. The van der Waals surface area contributed by atoms with Crippen LogP contribution in [0.25, 0.3) is 66.5 Å². The van der Waals surface area contributed by atoms with E-state index in [0.717, 1.165) is 55.0 Å². The number of hydrogen-bond acceptors (Lipinski definition) is 4. The molecule has 0 bridgehead atoms. The SMILES string of the molecule is CC(C)(C)c1cc(-c2cc(-c3cc4ccccc4cn3)c3ccccc3c2)c2nc(-c3ccccc3O)oc2c1. The molecule has 0 atom stereocenters. The van der Waals surface area contributed by atoms with Gasteiger partial charge in [-0.05, 0) is 75.2 Å². The largest absolute Gasteiger partial charge is 0.507 e. The Hall–Kier alpha value is -4.96. The third-order valence-corrected chi connectivity index (χ3v) is 7.58. The van der Waals surface area contributed by atoms with Crippen LogP contribution in [0.2, 0.25) is 0 Å². The molecule has 2 aromatic heterocycles. The van der Waals surface area contributed by atoms with Crippen LogP contribution in [0.3, 0.4) is 0 Å². The second-order valence-corrected chi connectivity index (χ2v) is 11.3. The third kappa shape index (κ3) is 4.09. The fraction of sp³-hybridized carbons (Fsp3) is 0.111. The standard InChI is InChI=1S/C36H28N2O2/c1-36(2,3)26-19-29(34-33(20-26)40-35(38-34)28-14-8-9-15-32(28)39)25-16-23-11-6-7-13-27(23)30(17-25)31-18-22-10-4-5-12-24(22)21-37-31/h4-21,39H,1-3H3. The summed E-state index contributed by atoms with van der Waals surface area (Å²) in [6.07, 6.45) is 1.95. The first-order valence-electron chi connectivity index (χ1n) is 13.5. The van der Waals surface area contributed by atoms with E-state index in [4.69, 9.17) is 14.4 Å². The molecular weight excluding hydrogens is 492 g/mol. The van der Waals surface area contributed by atoms with Gasteiger partial charge in [0.2, 0.25) is 5.89 Å². The molecule has 40 heavy (non-hydrogen) atoms. The predicted octanol–water partition coefficient (Wildman–Crippen LogP) is 9.53. The van der Waals surface area contributed by atoms with Crippen molar-refractivity contribution in [3.8, 4) is 39.6 Å². The van der Waals surface area contributed by atoms with Crippen LogP contribution in [0.15, 0.2) is 114 Å². The lowest BCUT2D eigenvalue weighted by molar-refractivity contribution is 0.474. The molecule has 0 fully saturated rings. The summed E-state index contributed by atoms with van der Waals surface area (Å²) in [5.74, 6) is 0.541. The number of fused-ring (bicyclic) bond motifs is 3. The van der Waals surface area contributed by atoms with Crippen LogP contribution in [0.4, 0.5) is 0 Å². The maximum atomic E-state index is 10.5. The molecule has 7 rings (SSSR count). The van der Waals surface area contributed by atoms with Gasteiger partial charge in [-0.3, -0.25) is 4.98 Å². The molecule has 5 aromatic carbocycles. The van der Waals surface area contributed by atoms with E-state index in [0.29, 0.717) is 17.0 Å². The number of phenols is 1. The van der Waals surface area contributed by atoms with Gasteiger partial charge >= 0.3 is 0 Å². The summed E-state index contributed by atoms with van der Waals surface area (Å²) in [7, 11) is 0. The van der Waals surface area contributed by atoms with Gasteiger partial charge in [0.25, 0.3) is 0 Å². The normalized spacial score (nSPS) is 12.0. The first kappa shape index (κ1) is 24.1. The minimum Gasteiger partial charge on any atom is -0.507 e. The molecule has 0 aliphatic rings. The molecule has 4 heteroatoms. The minimum absolute atomic E-state index is 0.107. The fourth-order valence-electron chi connectivity index (χ4n) is 5.36. The van der Waals surface area contributed by atoms with E-state index in [1.54, 1.807) is 12.1 Å². The number of aromatic nitrogens is 2. The highest BCUT2D eigenvalue weighted by Gasteiger charge is 2.22. The highest BCUT2D eigenvalue weighted by molar-refractivity contribution is 6.03. The Kier molecular flexibility index (Phi) is 5.46. The van der Waals surface area contributed by atoms with Gasteiger partial charge in [-0.1, -0.05) is 81.4 Å². The zero-order valence-corrected chi connectivity index (χ0v) is 22.6. The molecule has 7 aromatic rings. The van der Waals surface area contributed by atoms with E-state index in [2.05, 4.69) is 93.6 Å². The van der Waals surface area contributed by atoms with Gasteiger partial charge in [0.15, 0.2) is 5.58 Å². The van der Waals surface area contributed by atoms with Gasteiger partial charge in [0, 0.05) is 22.7 Å². The second-order valence-electron chi connectivity index (χ2n) is 11.3. The molecule has 0 saturated carbocycles. The van der Waals surface area contributed by atoms with Gasteiger partial charge in [-0.25, -0.2) is 4.98 Å². The zero-order valence-electron chi connectivity index (χ0n) is 22.6. The van der Waals surface area contributed by atoms with Crippen LogP contribution in [0.1, 0.15) is 26.3 Å². The topological polar surface area (TPSA) is 59.2 Å². The van der Waals surface area contributed by atoms with Crippen molar-refractivity contribution in [3.05, 3.63) is 115 Å². The minimum atomic E-state index is -0.107. The van der Waals surface area contributed by atoms with Crippen molar-refractivity contribution >= 4 is 32.6 Å². The summed E-state index contributed by atoms with van der Waals surface area (Å²) in [4.78, 5) is 9.80. The Labute approximate surface area is 232 Å². The Morgan fingerprint density at radius 2 is 1.40 bits per heavy atom. The lowest BCUT2D eigenvalue weighted by Gasteiger charge is -2.20.